The molecule has 22 heavy (non-hydrogen) atoms. The Labute approximate surface area is 140 Å². The van der Waals surface area contributed by atoms with Gasteiger partial charge in [0.1, 0.15) is 5.75 Å². The summed E-state index contributed by atoms with van der Waals surface area (Å²) in [5, 5.41) is 0. The van der Waals surface area contributed by atoms with E-state index in [1.807, 2.05) is 6.07 Å². The molecule has 3 heteroatoms. The SMILES string of the molecule is CN(C)CCCOc1ccccc1CCc1ccccc1.Cl. The third-order valence-electron chi connectivity index (χ3n) is 3.51. The fraction of sp³-hybridized carbons (Fsp3) is 0.368. The molecule has 0 bridgehead atoms. The summed E-state index contributed by atoms with van der Waals surface area (Å²) < 4.78 is 5.95. The van der Waals surface area contributed by atoms with Crippen LogP contribution in [0.2, 0.25) is 0 Å². The van der Waals surface area contributed by atoms with E-state index in [0.717, 1.165) is 38.2 Å². The molecular formula is C19H26ClNO. The van der Waals surface area contributed by atoms with Gasteiger partial charge in [0.25, 0.3) is 0 Å². The number of ether oxygens (including phenoxy) is 1. The molecule has 0 fully saturated rings. The molecule has 2 aromatic carbocycles. The van der Waals surface area contributed by atoms with Gasteiger partial charge in [-0.05, 0) is 50.6 Å². The Bertz CT molecular complexity index is 528. The minimum Gasteiger partial charge on any atom is -0.493 e. The minimum atomic E-state index is 0. The Balaban J connectivity index is 0.00000242. The van der Waals surface area contributed by atoms with Crippen molar-refractivity contribution < 1.29 is 4.74 Å². The highest BCUT2D eigenvalue weighted by molar-refractivity contribution is 5.85. The molecule has 2 rings (SSSR count). The van der Waals surface area contributed by atoms with Gasteiger partial charge in [-0.1, -0.05) is 48.5 Å². The van der Waals surface area contributed by atoms with Crippen molar-refractivity contribution in [3.8, 4) is 5.75 Å². The molecule has 120 valence electrons. The lowest BCUT2D eigenvalue weighted by atomic mass is 10.0. The highest BCUT2D eigenvalue weighted by Crippen LogP contribution is 2.20. The fourth-order valence-corrected chi connectivity index (χ4v) is 2.34. The molecule has 0 radical (unpaired) electrons. The molecule has 0 aromatic heterocycles. The van der Waals surface area contributed by atoms with E-state index in [1.165, 1.54) is 11.1 Å². The summed E-state index contributed by atoms with van der Waals surface area (Å²) in [4.78, 5) is 2.19. The number of rotatable bonds is 8. The van der Waals surface area contributed by atoms with E-state index in [-0.39, 0.29) is 12.4 Å². The molecule has 0 spiro atoms. The molecule has 0 saturated carbocycles. The van der Waals surface area contributed by atoms with Crippen LogP contribution in [-0.4, -0.2) is 32.1 Å². The Morgan fingerprint density at radius 1 is 0.864 bits per heavy atom. The zero-order valence-electron chi connectivity index (χ0n) is 13.5. The maximum Gasteiger partial charge on any atom is 0.122 e. The number of para-hydroxylation sites is 1. The summed E-state index contributed by atoms with van der Waals surface area (Å²) in [6.07, 6.45) is 3.13. The number of hydrogen-bond donors (Lipinski definition) is 0. The van der Waals surface area contributed by atoms with Crippen molar-refractivity contribution >= 4 is 12.4 Å². The maximum atomic E-state index is 5.95. The van der Waals surface area contributed by atoms with E-state index in [4.69, 9.17) is 4.74 Å². The summed E-state index contributed by atoms with van der Waals surface area (Å²) >= 11 is 0. The van der Waals surface area contributed by atoms with Crippen LogP contribution < -0.4 is 4.74 Å². The van der Waals surface area contributed by atoms with Crippen LogP contribution in [0, 0.1) is 0 Å². The van der Waals surface area contributed by atoms with Gasteiger partial charge in [0.2, 0.25) is 0 Å². The maximum absolute atomic E-state index is 5.95. The first-order valence-electron chi connectivity index (χ1n) is 7.65. The van der Waals surface area contributed by atoms with Crippen LogP contribution in [0.25, 0.3) is 0 Å². The first-order valence-corrected chi connectivity index (χ1v) is 7.65. The lowest BCUT2D eigenvalue weighted by Crippen LogP contribution is -2.15. The predicted molar refractivity (Wildman–Crippen MR) is 96.2 cm³/mol. The first-order chi connectivity index (χ1) is 10.3. The molecule has 2 aromatic rings. The molecule has 0 heterocycles. The number of nitrogens with zero attached hydrogens (tertiary/aromatic N) is 1. The Kier molecular flexibility index (Phi) is 8.64. The second-order valence-electron chi connectivity index (χ2n) is 5.60. The van der Waals surface area contributed by atoms with E-state index in [9.17, 15) is 0 Å². The van der Waals surface area contributed by atoms with Gasteiger partial charge < -0.3 is 9.64 Å². The summed E-state index contributed by atoms with van der Waals surface area (Å²) in [6, 6.07) is 19.0. The average molecular weight is 320 g/mol. The fourth-order valence-electron chi connectivity index (χ4n) is 2.34. The van der Waals surface area contributed by atoms with E-state index >= 15 is 0 Å². The van der Waals surface area contributed by atoms with E-state index in [2.05, 4.69) is 67.5 Å². The van der Waals surface area contributed by atoms with Gasteiger partial charge in [-0.2, -0.15) is 0 Å². The summed E-state index contributed by atoms with van der Waals surface area (Å²) in [7, 11) is 4.18. The number of aryl methyl sites for hydroxylation is 2. The first kappa shape index (κ1) is 18.5. The zero-order valence-corrected chi connectivity index (χ0v) is 14.3. The summed E-state index contributed by atoms with van der Waals surface area (Å²) in [5.74, 6) is 1.03. The summed E-state index contributed by atoms with van der Waals surface area (Å²) in [6.45, 7) is 1.84. The molecule has 0 aliphatic carbocycles. The van der Waals surface area contributed by atoms with Crippen molar-refractivity contribution in [3.63, 3.8) is 0 Å². The average Bonchev–Trinajstić information content (AvgIpc) is 2.51. The monoisotopic (exact) mass is 319 g/mol. The Morgan fingerprint density at radius 2 is 1.55 bits per heavy atom. The van der Waals surface area contributed by atoms with Crippen LogP contribution in [0.5, 0.6) is 5.75 Å². The Morgan fingerprint density at radius 3 is 2.27 bits per heavy atom. The van der Waals surface area contributed by atoms with Gasteiger partial charge in [-0.25, -0.2) is 0 Å². The minimum absolute atomic E-state index is 0. The zero-order chi connectivity index (χ0) is 14.9. The van der Waals surface area contributed by atoms with E-state index in [0.29, 0.717) is 0 Å². The third kappa shape index (κ3) is 6.50. The smallest absolute Gasteiger partial charge is 0.122 e. The second kappa shape index (κ2) is 10.3. The van der Waals surface area contributed by atoms with Gasteiger partial charge in [0, 0.05) is 6.54 Å². The van der Waals surface area contributed by atoms with Crippen molar-refractivity contribution in [2.24, 2.45) is 0 Å². The van der Waals surface area contributed by atoms with Crippen molar-refractivity contribution in [2.75, 3.05) is 27.2 Å². The van der Waals surface area contributed by atoms with Crippen LogP contribution in [0.3, 0.4) is 0 Å². The molecule has 0 aliphatic heterocycles. The molecule has 0 unspecified atom stereocenters. The van der Waals surface area contributed by atoms with Gasteiger partial charge in [-0.3, -0.25) is 0 Å². The standard InChI is InChI=1S/C19H25NO.ClH/c1-20(2)15-8-16-21-19-12-7-6-11-18(19)14-13-17-9-4-3-5-10-17;/h3-7,9-12H,8,13-16H2,1-2H3;1H. The normalized spacial score (nSPS) is 10.3. The molecule has 0 N–H and O–H groups in total. The van der Waals surface area contributed by atoms with Crippen LogP contribution in [0.15, 0.2) is 54.6 Å². The lowest BCUT2D eigenvalue weighted by Gasteiger charge is -2.13. The topological polar surface area (TPSA) is 12.5 Å². The number of halogens is 1. The lowest BCUT2D eigenvalue weighted by molar-refractivity contribution is 0.279. The highest BCUT2D eigenvalue weighted by Gasteiger charge is 2.03. The molecule has 2 nitrogen and oxygen atoms in total. The molecular weight excluding hydrogens is 294 g/mol. The number of benzene rings is 2. The van der Waals surface area contributed by atoms with Gasteiger partial charge in [0.15, 0.2) is 0 Å². The van der Waals surface area contributed by atoms with Crippen molar-refractivity contribution in [3.05, 3.63) is 65.7 Å². The van der Waals surface area contributed by atoms with Crippen molar-refractivity contribution in [1.29, 1.82) is 0 Å². The van der Waals surface area contributed by atoms with Crippen LogP contribution in [0.1, 0.15) is 17.5 Å². The largest absolute Gasteiger partial charge is 0.493 e. The van der Waals surface area contributed by atoms with Crippen LogP contribution in [0.4, 0.5) is 0 Å². The van der Waals surface area contributed by atoms with Crippen molar-refractivity contribution in [2.45, 2.75) is 19.3 Å². The van der Waals surface area contributed by atoms with E-state index in [1.54, 1.807) is 0 Å². The molecule has 0 saturated heterocycles. The van der Waals surface area contributed by atoms with E-state index < -0.39 is 0 Å². The van der Waals surface area contributed by atoms with Gasteiger partial charge >= 0.3 is 0 Å². The predicted octanol–water partition coefficient (Wildman–Crippen LogP) is 4.22. The van der Waals surface area contributed by atoms with Crippen LogP contribution in [-0.2, 0) is 12.8 Å². The number of hydrogen-bond acceptors (Lipinski definition) is 2. The molecule has 0 amide bonds. The summed E-state index contributed by atoms with van der Waals surface area (Å²) in [5.41, 5.74) is 2.67. The molecule has 0 aliphatic rings. The van der Waals surface area contributed by atoms with Gasteiger partial charge in [-0.15, -0.1) is 12.4 Å². The van der Waals surface area contributed by atoms with Crippen molar-refractivity contribution in [1.82, 2.24) is 4.90 Å². The highest BCUT2D eigenvalue weighted by atomic mass is 35.5. The third-order valence-corrected chi connectivity index (χ3v) is 3.51. The van der Waals surface area contributed by atoms with Crippen LogP contribution >= 0.6 is 12.4 Å². The quantitative estimate of drug-likeness (QED) is 0.675. The second-order valence-corrected chi connectivity index (χ2v) is 5.60. The molecule has 0 atom stereocenters. The Hall–Kier alpha value is -1.51. The van der Waals surface area contributed by atoms with Gasteiger partial charge in [0.05, 0.1) is 6.61 Å².